The zero-order chi connectivity index (χ0) is 18.4. The number of aromatic nitrogens is 1. The van der Waals surface area contributed by atoms with E-state index in [1.807, 2.05) is 17.5 Å². The maximum absolute atomic E-state index is 12.3. The Hall–Kier alpha value is -2.55. The number of rotatable bonds is 7. The van der Waals surface area contributed by atoms with Crippen LogP contribution in [0.5, 0.6) is 0 Å². The van der Waals surface area contributed by atoms with Crippen molar-refractivity contribution in [3.05, 3.63) is 76.7 Å². The summed E-state index contributed by atoms with van der Waals surface area (Å²) < 4.78 is 27.2. The molecule has 3 rings (SSSR count). The Bertz CT molecular complexity index is 955. The normalized spacial score (nSPS) is 11.2. The number of nitrogens with zero attached hydrogens (tertiary/aromatic N) is 1. The molecule has 1 amide bonds. The Labute approximate surface area is 156 Å². The molecular weight excluding hydrogens is 370 g/mol. The first-order valence-corrected chi connectivity index (χ1v) is 10.2. The number of sulfonamides is 1. The monoisotopic (exact) mass is 387 g/mol. The first-order chi connectivity index (χ1) is 12.5. The number of hydrogen-bond acceptors (Lipinski definition) is 5. The second-order valence-electron chi connectivity index (χ2n) is 5.44. The van der Waals surface area contributed by atoms with Crippen molar-refractivity contribution < 1.29 is 13.2 Å². The largest absolute Gasteiger partial charge is 0.322 e. The van der Waals surface area contributed by atoms with Crippen LogP contribution in [0.25, 0.3) is 0 Å². The van der Waals surface area contributed by atoms with Crippen molar-refractivity contribution in [1.29, 1.82) is 0 Å². The third-order valence-corrected chi connectivity index (χ3v) is 6.02. The second-order valence-corrected chi connectivity index (χ2v) is 8.24. The maximum Gasteiger partial charge on any atom is 0.255 e. The molecule has 0 atom stereocenters. The van der Waals surface area contributed by atoms with Gasteiger partial charge in [-0.05, 0) is 54.3 Å². The van der Waals surface area contributed by atoms with E-state index in [1.165, 1.54) is 24.3 Å². The number of hydrogen-bond donors (Lipinski definition) is 2. The number of carbonyl (C=O) groups is 1. The molecule has 1 aromatic carbocycles. The fourth-order valence-electron chi connectivity index (χ4n) is 2.27. The lowest BCUT2D eigenvalue weighted by atomic mass is 10.2. The van der Waals surface area contributed by atoms with Crippen LogP contribution >= 0.6 is 11.3 Å². The van der Waals surface area contributed by atoms with E-state index >= 15 is 0 Å². The molecule has 6 nitrogen and oxygen atoms in total. The molecule has 0 fully saturated rings. The highest BCUT2D eigenvalue weighted by Gasteiger charge is 2.14. The highest BCUT2D eigenvalue weighted by Crippen LogP contribution is 2.13. The quantitative estimate of drug-likeness (QED) is 0.652. The van der Waals surface area contributed by atoms with Crippen molar-refractivity contribution in [2.24, 2.45) is 0 Å². The van der Waals surface area contributed by atoms with Crippen molar-refractivity contribution in [3.63, 3.8) is 0 Å². The van der Waals surface area contributed by atoms with Crippen LogP contribution in [0.1, 0.15) is 15.2 Å². The van der Waals surface area contributed by atoms with Crippen LogP contribution in [-0.2, 0) is 16.4 Å². The molecule has 8 heteroatoms. The highest BCUT2D eigenvalue weighted by molar-refractivity contribution is 7.89. The van der Waals surface area contributed by atoms with Crippen LogP contribution in [0, 0.1) is 0 Å². The molecule has 0 saturated heterocycles. The average Bonchev–Trinajstić information content (AvgIpc) is 3.16. The first-order valence-electron chi connectivity index (χ1n) is 7.88. The summed E-state index contributed by atoms with van der Waals surface area (Å²) in [4.78, 5) is 17.3. The van der Waals surface area contributed by atoms with Gasteiger partial charge < -0.3 is 5.32 Å². The topological polar surface area (TPSA) is 88.2 Å². The van der Waals surface area contributed by atoms with E-state index in [1.54, 1.807) is 35.9 Å². The zero-order valence-electron chi connectivity index (χ0n) is 13.8. The molecule has 0 aliphatic heterocycles. The van der Waals surface area contributed by atoms with Gasteiger partial charge >= 0.3 is 0 Å². The Morgan fingerprint density at radius 1 is 1.04 bits per heavy atom. The number of pyridine rings is 1. The third kappa shape index (κ3) is 4.75. The van der Waals surface area contributed by atoms with Gasteiger partial charge in [0.1, 0.15) is 0 Å². The van der Waals surface area contributed by atoms with Crippen molar-refractivity contribution in [2.45, 2.75) is 11.3 Å². The summed E-state index contributed by atoms with van der Waals surface area (Å²) in [6, 6.07) is 13.1. The Balaban J connectivity index is 1.61. The first kappa shape index (κ1) is 18.2. The van der Waals surface area contributed by atoms with Crippen molar-refractivity contribution in [2.75, 3.05) is 11.9 Å². The lowest BCUT2D eigenvalue weighted by molar-refractivity contribution is 0.102. The van der Waals surface area contributed by atoms with E-state index in [-0.39, 0.29) is 10.8 Å². The van der Waals surface area contributed by atoms with Crippen molar-refractivity contribution in [3.8, 4) is 0 Å². The van der Waals surface area contributed by atoms with Crippen LogP contribution in [0.3, 0.4) is 0 Å². The summed E-state index contributed by atoms with van der Waals surface area (Å²) in [5.41, 5.74) is 0.997. The SMILES string of the molecule is O=C(Nc1ccncc1)c1ccc(S(=O)(=O)NCCc2cccs2)cc1. The Morgan fingerprint density at radius 3 is 2.42 bits per heavy atom. The molecule has 2 aromatic heterocycles. The molecule has 2 N–H and O–H groups in total. The Morgan fingerprint density at radius 2 is 1.77 bits per heavy atom. The van der Waals surface area contributed by atoms with E-state index in [0.717, 1.165) is 4.88 Å². The lowest BCUT2D eigenvalue weighted by Crippen LogP contribution is -2.26. The van der Waals surface area contributed by atoms with Gasteiger partial charge in [-0.3, -0.25) is 9.78 Å². The van der Waals surface area contributed by atoms with Crippen molar-refractivity contribution in [1.82, 2.24) is 9.71 Å². The molecule has 2 heterocycles. The molecular formula is C18H17N3O3S2. The van der Waals surface area contributed by atoms with Gasteiger partial charge in [0, 0.05) is 35.1 Å². The smallest absolute Gasteiger partial charge is 0.255 e. The molecule has 0 aliphatic rings. The fourth-order valence-corrected chi connectivity index (χ4v) is 4.01. The number of carbonyl (C=O) groups excluding carboxylic acids is 1. The summed E-state index contributed by atoms with van der Waals surface area (Å²) >= 11 is 1.59. The molecule has 0 radical (unpaired) electrons. The lowest BCUT2D eigenvalue weighted by Gasteiger charge is -2.08. The minimum absolute atomic E-state index is 0.129. The Kier molecular flexibility index (Phi) is 5.77. The summed E-state index contributed by atoms with van der Waals surface area (Å²) in [6.45, 7) is 0.327. The molecule has 0 bridgehead atoms. The molecule has 134 valence electrons. The fraction of sp³-hybridized carbons (Fsp3) is 0.111. The van der Waals surface area contributed by atoms with Gasteiger partial charge in [0.2, 0.25) is 10.0 Å². The van der Waals surface area contributed by atoms with E-state index in [9.17, 15) is 13.2 Å². The van der Waals surface area contributed by atoms with Crippen LogP contribution < -0.4 is 10.0 Å². The predicted molar refractivity (Wildman–Crippen MR) is 102 cm³/mol. The van der Waals surface area contributed by atoms with Gasteiger partial charge in [0.25, 0.3) is 5.91 Å². The van der Waals surface area contributed by atoms with Crippen LogP contribution in [-0.4, -0.2) is 25.9 Å². The molecule has 3 aromatic rings. The van der Waals surface area contributed by atoms with E-state index in [2.05, 4.69) is 15.0 Å². The molecule has 0 saturated carbocycles. The minimum Gasteiger partial charge on any atom is -0.322 e. The number of anilines is 1. The molecule has 0 aliphatic carbocycles. The molecule has 0 unspecified atom stereocenters. The van der Waals surface area contributed by atoms with Gasteiger partial charge in [-0.1, -0.05) is 6.07 Å². The van der Waals surface area contributed by atoms with E-state index in [4.69, 9.17) is 0 Å². The molecule has 0 spiro atoms. The van der Waals surface area contributed by atoms with Gasteiger partial charge in [-0.15, -0.1) is 11.3 Å². The number of thiophene rings is 1. The number of nitrogens with one attached hydrogen (secondary N) is 2. The van der Waals surface area contributed by atoms with Gasteiger partial charge in [0.05, 0.1) is 4.90 Å². The highest BCUT2D eigenvalue weighted by atomic mass is 32.2. The molecule has 26 heavy (non-hydrogen) atoms. The van der Waals surface area contributed by atoms with E-state index in [0.29, 0.717) is 24.2 Å². The third-order valence-electron chi connectivity index (χ3n) is 3.61. The summed E-state index contributed by atoms with van der Waals surface area (Å²) in [5, 5.41) is 4.68. The second kappa shape index (κ2) is 8.22. The van der Waals surface area contributed by atoms with Gasteiger partial charge in [-0.25, -0.2) is 13.1 Å². The number of benzene rings is 1. The van der Waals surface area contributed by atoms with Crippen LogP contribution in [0.4, 0.5) is 5.69 Å². The minimum atomic E-state index is -3.60. The van der Waals surface area contributed by atoms with Crippen molar-refractivity contribution >= 4 is 33.0 Å². The average molecular weight is 387 g/mol. The summed E-state index contributed by atoms with van der Waals surface area (Å²) in [7, 11) is -3.60. The summed E-state index contributed by atoms with van der Waals surface area (Å²) in [5.74, 6) is -0.314. The number of amides is 1. The zero-order valence-corrected chi connectivity index (χ0v) is 15.4. The summed E-state index contributed by atoms with van der Waals surface area (Å²) in [6.07, 6.45) is 3.80. The standard InChI is InChI=1S/C18H17N3O3S2/c22-18(21-15-7-10-19-11-8-15)14-3-5-17(6-4-14)26(23,24)20-12-9-16-2-1-13-25-16/h1-8,10-11,13,20H,9,12H2,(H,19,21,22). The van der Waals surface area contributed by atoms with Gasteiger partial charge in [-0.2, -0.15) is 0 Å². The predicted octanol–water partition coefficient (Wildman–Crippen LogP) is 2.92. The maximum atomic E-state index is 12.3. The van der Waals surface area contributed by atoms with Gasteiger partial charge in [0.15, 0.2) is 0 Å². The van der Waals surface area contributed by atoms with Crippen LogP contribution in [0.15, 0.2) is 71.2 Å². The van der Waals surface area contributed by atoms with E-state index < -0.39 is 10.0 Å². The van der Waals surface area contributed by atoms with Crippen LogP contribution in [0.2, 0.25) is 0 Å².